The first-order valence-corrected chi connectivity index (χ1v) is 8.34. The zero-order valence-electron chi connectivity index (χ0n) is 14.8. The standard InChI is InChI=1S/C20H22N2O4/c1-13(20(25)26)15-6-4-8-17(12-15)22-18(23)10-9-14-5-3-7-16(11-14)19(24)21-2/h3-8,11-13H,9-10H2,1-2H3,(H,21,24)(H,22,23)(H,25,26). The van der Waals surface area contributed by atoms with Crippen molar-refractivity contribution >= 4 is 23.5 Å². The minimum absolute atomic E-state index is 0.166. The van der Waals surface area contributed by atoms with E-state index in [2.05, 4.69) is 10.6 Å². The second-order valence-corrected chi connectivity index (χ2v) is 6.01. The topological polar surface area (TPSA) is 95.5 Å². The van der Waals surface area contributed by atoms with Crippen molar-refractivity contribution in [3.05, 3.63) is 65.2 Å². The van der Waals surface area contributed by atoms with Crippen molar-refractivity contribution in [3.8, 4) is 0 Å². The molecule has 2 aromatic rings. The lowest BCUT2D eigenvalue weighted by Crippen LogP contribution is -2.18. The summed E-state index contributed by atoms with van der Waals surface area (Å²) in [6.07, 6.45) is 0.762. The van der Waals surface area contributed by atoms with Gasteiger partial charge in [0.15, 0.2) is 0 Å². The molecule has 0 saturated heterocycles. The number of carbonyl (C=O) groups excluding carboxylic acids is 2. The summed E-state index contributed by atoms with van der Waals surface area (Å²) < 4.78 is 0. The number of hydrogen-bond donors (Lipinski definition) is 3. The summed E-state index contributed by atoms with van der Waals surface area (Å²) in [4.78, 5) is 34.9. The zero-order chi connectivity index (χ0) is 19.1. The van der Waals surface area contributed by atoms with E-state index < -0.39 is 11.9 Å². The van der Waals surface area contributed by atoms with Crippen LogP contribution in [0.1, 0.15) is 40.7 Å². The van der Waals surface area contributed by atoms with Gasteiger partial charge in [-0.3, -0.25) is 14.4 Å². The Balaban J connectivity index is 1.96. The third kappa shape index (κ3) is 5.17. The highest BCUT2D eigenvalue weighted by atomic mass is 16.4. The summed E-state index contributed by atoms with van der Waals surface area (Å²) in [6, 6.07) is 14.0. The highest BCUT2D eigenvalue weighted by molar-refractivity contribution is 5.94. The van der Waals surface area contributed by atoms with Gasteiger partial charge in [-0.2, -0.15) is 0 Å². The molecule has 0 heterocycles. The van der Waals surface area contributed by atoms with E-state index in [4.69, 9.17) is 5.11 Å². The highest BCUT2D eigenvalue weighted by Crippen LogP contribution is 2.19. The maximum atomic E-state index is 12.2. The van der Waals surface area contributed by atoms with E-state index in [0.717, 1.165) is 5.56 Å². The summed E-state index contributed by atoms with van der Waals surface area (Å²) in [7, 11) is 1.57. The Morgan fingerprint density at radius 1 is 1.08 bits per heavy atom. The van der Waals surface area contributed by atoms with Gasteiger partial charge < -0.3 is 15.7 Å². The number of hydrogen-bond acceptors (Lipinski definition) is 3. The fraction of sp³-hybridized carbons (Fsp3) is 0.250. The van der Waals surface area contributed by atoms with Crippen molar-refractivity contribution in [2.24, 2.45) is 0 Å². The summed E-state index contributed by atoms with van der Waals surface area (Å²) in [5, 5.41) is 14.4. The first kappa shape index (κ1) is 19.2. The summed E-state index contributed by atoms with van der Waals surface area (Å²) >= 11 is 0. The molecule has 3 N–H and O–H groups in total. The van der Waals surface area contributed by atoms with E-state index in [-0.39, 0.29) is 18.2 Å². The van der Waals surface area contributed by atoms with Gasteiger partial charge in [-0.1, -0.05) is 24.3 Å². The third-order valence-electron chi connectivity index (χ3n) is 4.10. The summed E-state index contributed by atoms with van der Waals surface area (Å²) in [6.45, 7) is 1.60. The fourth-order valence-electron chi connectivity index (χ4n) is 2.52. The lowest BCUT2D eigenvalue weighted by Gasteiger charge is -2.10. The summed E-state index contributed by atoms with van der Waals surface area (Å²) in [5.74, 6) is -1.89. The smallest absolute Gasteiger partial charge is 0.310 e. The Hall–Kier alpha value is -3.15. The van der Waals surface area contributed by atoms with Crippen molar-refractivity contribution in [1.82, 2.24) is 5.32 Å². The van der Waals surface area contributed by atoms with Gasteiger partial charge >= 0.3 is 5.97 Å². The van der Waals surface area contributed by atoms with Gasteiger partial charge in [0.1, 0.15) is 0 Å². The van der Waals surface area contributed by atoms with Crippen molar-refractivity contribution < 1.29 is 19.5 Å². The van der Waals surface area contributed by atoms with Gasteiger partial charge in [-0.05, 0) is 48.7 Å². The van der Waals surface area contributed by atoms with E-state index in [9.17, 15) is 14.4 Å². The van der Waals surface area contributed by atoms with Gasteiger partial charge in [-0.15, -0.1) is 0 Å². The van der Waals surface area contributed by atoms with E-state index >= 15 is 0 Å². The number of amides is 2. The number of rotatable bonds is 7. The minimum atomic E-state index is -0.913. The molecule has 2 amide bonds. The molecule has 26 heavy (non-hydrogen) atoms. The van der Waals surface area contributed by atoms with Gasteiger partial charge in [0.25, 0.3) is 5.91 Å². The van der Waals surface area contributed by atoms with Crippen LogP contribution in [0.4, 0.5) is 5.69 Å². The molecule has 0 spiro atoms. The van der Waals surface area contributed by atoms with E-state index in [1.807, 2.05) is 6.07 Å². The Morgan fingerprint density at radius 2 is 1.81 bits per heavy atom. The molecule has 6 nitrogen and oxygen atoms in total. The number of nitrogens with one attached hydrogen (secondary N) is 2. The highest BCUT2D eigenvalue weighted by Gasteiger charge is 2.14. The van der Waals surface area contributed by atoms with Crippen LogP contribution in [0.3, 0.4) is 0 Å². The van der Waals surface area contributed by atoms with Crippen LogP contribution < -0.4 is 10.6 Å². The van der Waals surface area contributed by atoms with Crippen LogP contribution in [-0.4, -0.2) is 29.9 Å². The lowest BCUT2D eigenvalue weighted by molar-refractivity contribution is -0.138. The molecule has 0 aliphatic rings. The Morgan fingerprint density at radius 3 is 2.50 bits per heavy atom. The van der Waals surface area contributed by atoms with Crippen LogP contribution in [0.25, 0.3) is 0 Å². The molecule has 0 saturated carbocycles. The fourth-order valence-corrected chi connectivity index (χ4v) is 2.52. The number of carbonyl (C=O) groups is 3. The van der Waals surface area contributed by atoms with E-state index in [0.29, 0.717) is 23.2 Å². The maximum absolute atomic E-state index is 12.2. The van der Waals surface area contributed by atoms with Crippen LogP contribution in [0.5, 0.6) is 0 Å². The molecule has 0 aromatic heterocycles. The normalized spacial score (nSPS) is 11.5. The van der Waals surface area contributed by atoms with Crippen LogP contribution in [0, 0.1) is 0 Å². The largest absolute Gasteiger partial charge is 0.481 e. The quantitative estimate of drug-likeness (QED) is 0.712. The molecule has 0 aliphatic heterocycles. The molecule has 1 unspecified atom stereocenters. The average molecular weight is 354 g/mol. The van der Waals surface area contributed by atoms with Crippen LogP contribution >= 0.6 is 0 Å². The second kappa shape index (κ2) is 8.80. The molecule has 0 aliphatic carbocycles. The molecule has 0 fully saturated rings. The molecular formula is C20H22N2O4. The molecule has 1 atom stereocenters. The van der Waals surface area contributed by atoms with Crippen LogP contribution in [0.15, 0.2) is 48.5 Å². The van der Waals surface area contributed by atoms with Crippen molar-refractivity contribution in [1.29, 1.82) is 0 Å². The Bertz CT molecular complexity index is 817. The van der Waals surface area contributed by atoms with Gasteiger partial charge in [0.2, 0.25) is 5.91 Å². The Kier molecular flexibility index (Phi) is 6.49. The first-order chi connectivity index (χ1) is 12.4. The van der Waals surface area contributed by atoms with Crippen LogP contribution in [-0.2, 0) is 16.0 Å². The zero-order valence-corrected chi connectivity index (χ0v) is 14.8. The molecular weight excluding hydrogens is 332 g/mol. The van der Waals surface area contributed by atoms with Crippen molar-refractivity contribution in [3.63, 3.8) is 0 Å². The molecule has 2 aromatic carbocycles. The first-order valence-electron chi connectivity index (χ1n) is 8.34. The summed E-state index contributed by atoms with van der Waals surface area (Å²) in [5.41, 5.74) is 2.66. The molecule has 2 rings (SSSR count). The van der Waals surface area contributed by atoms with Gasteiger partial charge in [-0.25, -0.2) is 0 Å². The average Bonchev–Trinajstić information content (AvgIpc) is 2.65. The van der Waals surface area contributed by atoms with E-state index in [1.165, 1.54) is 0 Å². The number of carboxylic acids is 1. The van der Waals surface area contributed by atoms with Crippen molar-refractivity contribution in [2.45, 2.75) is 25.7 Å². The molecule has 0 bridgehead atoms. The number of carboxylic acid groups (broad SMARTS) is 1. The number of aliphatic carboxylic acids is 1. The lowest BCUT2D eigenvalue weighted by atomic mass is 10.0. The van der Waals surface area contributed by atoms with Gasteiger partial charge in [0.05, 0.1) is 5.92 Å². The van der Waals surface area contributed by atoms with Gasteiger partial charge in [0, 0.05) is 24.7 Å². The second-order valence-electron chi connectivity index (χ2n) is 6.01. The minimum Gasteiger partial charge on any atom is -0.481 e. The number of benzene rings is 2. The maximum Gasteiger partial charge on any atom is 0.310 e. The predicted octanol–water partition coefficient (Wildman–Crippen LogP) is 2.81. The van der Waals surface area contributed by atoms with Crippen molar-refractivity contribution in [2.75, 3.05) is 12.4 Å². The van der Waals surface area contributed by atoms with E-state index in [1.54, 1.807) is 56.4 Å². The SMILES string of the molecule is CNC(=O)c1cccc(CCC(=O)Nc2cccc(C(C)C(=O)O)c2)c1. The molecule has 136 valence electrons. The Labute approximate surface area is 152 Å². The van der Waals surface area contributed by atoms with Crippen LogP contribution in [0.2, 0.25) is 0 Å². The molecule has 6 heteroatoms. The monoisotopic (exact) mass is 354 g/mol. The third-order valence-corrected chi connectivity index (χ3v) is 4.10. The predicted molar refractivity (Wildman–Crippen MR) is 99.3 cm³/mol. The number of anilines is 1. The number of aryl methyl sites for hydroxylation is 1. The molecule has 0 radical (unpaired) electrons.